The van der Waals surface area contributed by atoms with Crippen molar-refractivity contribution in [2.45, 2.75) is 13.1 Å². The first-order valence-electron chi connectivity index (χ1n) is 6.85. The second kappa shape index (κ2) is 5.77. The number of rotatable bonds is 2. The molecule has 0 saturated carbocycles. The Bertz CT molecular complexity index is 937. The Hall–Kier alpha value is -3.21. The Morgan fingerprint density at radius 3 is 2.58 bits per heavy atom. The van der Waals surface area contributed by atoms with E-state index in [0.29, 0.717) is 16.8 Å². The molecule has 2 heterocycles. The molecule has 3 aromatic rings. The number of pyridine rings is 1. The number of nitrogens with zero attached hydrogens (tertiary/aromatic N) is 4. The van der Waals surface area contributed by atoms with Crippen molar-refractivity contribution in [2.24, 2.45) is 0 Å². The summed E-state index contributed by atoms with van der Waals surface area (Å²) in [5.41, 5.74) is 1.83. The summed E-state index contributed by atoms with van der Waals surface area (Å²) >= 11 is 0. The van der Waals surface area contributed by atoms with Crippen LogP contribution in [0.25, 0.3) is 22.5 Å². The van der Waals surface area contributed by atoms with Crippen molar-refractivity contribution in [1.29, 1.82) is 5.26 Å². The van der Waals surface area contributed by atoms with Crippen LogP contribution in [0.15, 0.2) is 36.5 Å². The van der Waals surface area contributed by atoms with E-state index in [-0.39, 0.29) is 11.4 Å². The quantitative estimate of drug-likeness (QED) is 0.777. The van der Waals surface area contributed by atoms with Gasteiger partial charge in [-0.2, -0.15) is 18.4 Å². The molecule has 1 aromatic carbocycles. The number of nitriles is 1. The molecule has 5 nitrogen and oxygen atoms in total. The van der Waals surface area contributed by atoms with Crippen LogP contribution >= 0.6 is 0 Å². The average Bonchev–Trinajstić information content (AvgIpc) is 3.02. The van der Waals surface area contributed by atoms with E-state index in [0.717, 1.165) is 23.9 Å². The van der Waals surface area contributed by atoms with E-state index in [4.69, 9.17) is 5.26 Å². The molecule has 0 amide bonds. The first-order valence-corrected chi connectivity index (χ1v) is 6.85. The van der Waals surface area contributed by atoms with Gasteiger partial charge in [-0.15, -0.1) is 5.10 Å². The topological polar surface area (TPSA) is 78.2 Å². The maximum Gasteiger partial charge on any atom is 0.416 e. The third-order valence-electron chi connectivity index (χ3n) is 3.39. The fourth-order valence-electron chi connectivity index (χ4n) is 2.34. The number of hydrogen-bond donors (Lipinski definition) is 1. The number of H-pyrrole nitrogens is 1. The number of hydrogen-bond acceptors (Lipinski definition) is 4. The Morgan fingerprint density at radius 1 is 1.12 bits per heavy atom. The van der Waals surface area contributed by atoms with Gasteiger partial charge < -0.3 is 0 Å². The van der Waals surface area contributed by atoms with E-state index < -0.39 is 11.7 Å². The lowest BCUT2D eigenvalue weighted by atomic mass is 10.0. The van der Waals surface area contributed by atoms with Gasteiger partial charge in [0.05, 0.1) is 11.3 Å². The van der Waals surface area contributed by atoms with E-state index in [1.807, 2.05) is 6.07 Å². The summed E-state index contributed by atoms with van der Waals surface area (Å²) in [6.45, 7) is 1.80. The van der Waals surface area contributed by atoms with Crippen molar-refractivity contribution in [2.75, 3.05) is 0 Å². The summed E-state index contributed by atoms with van der Waals surface area (Å²) in [4.78, 5) is 4.02. The molecule has 0 radical (unpaired) electrons. The van der Waals surface area contributed by atoms with Crippen LogP contribution in [-0.2, 0) is 6.18 Å². The molecule has 120 valence electrons. The molecule has 0 aliphatic carbocycles. The van der Waals surface area contributed by atoms with Crippen LogP contribution in [0.2, 0.25) is 0 Å². The standard InChI is InChI=1S/C16H10F3N5/c1-9-4-10(13-7-12(2-3-21-13)16(17,18)19)6-11(5-9)15-14(8-20)22-24-23-15/h2-7H,1H3,(H,22,23,24). The number of benzene rings is 1. The van der Waals surface area contributed by atoms with Gasteiger partial charge in [-0.25, -0.2) is 5.10 Å². The minimum Gasteiger partial charge on any atom is -0.256 e. The van der Waals surface area contributed by atoms with E-state index in [2.05, 4.69) is 20.4 Å². The van der Waals surface area contributed by atoms with E-state index in [9.17, 15) is 13.2 Å². The summed E-state index contributed by atoms with van der Waals surface area (Å²) in [5.74, 6) is 0. The molecule has 0 fully saturated rings. The Kier molecular flexibility index (Phi) is 3.77. The number of aromatic nitrogens is 4. The highest BCUT2D eigenvalue weighted by Crippen LogP contribution is 2.32. The summed E-state index contributed by atoms with van der Waals surface area (Å²) in [6.07, 6.45) is -3.32. The van der Waals surface area contributed by atoms with Crippen molar-refractivity contribution >= 4 is 0 Å². The Morgan fingerprint density at radius 2 is 1.88 bits per heavy atom. The summed E-state index contributed by atoms with van der Waals surface area (Å²) in [6, 6.07) is 8.98. The number of nitrogens with one attached hydrogen (secondary N) is 1. The van der Waals surface area contributed by atoms with Gasteiger partial charge in [0.2, 0.25) is 0 Å². The van der Waals surface area contributed by atoms with Crippen molar-refractivity contribution in [3.63, 3.8) is 0 Å². The van der Waals surface area contributed by atoms with Crippen LogP contribution in [0.1, 0.15) is 16.8 Å². The molecule has 0 aliphatic heterocycles. The van der Waals surface area contributed by atoms with E-state index >= 15 is 0 Å². The summed E-state index contributed by atoms with van der Waals surface area (Å²) in [7, 11) is 0. The molecule has 0 saturated heterocycles. The number of aryl methyl sites for hydroxylation is 1. The molecule has 3 rings (SSSR count). The van der Waals surface area contributed by atoms with Crippen molar-refractivity contribution in [3.05, 3.63) is 53.3 Å². The van der Waals surface area contributed by atoms with Crippen molar-refractivity contribution < 1.29 is 13.2 Å². The van der Waals surface area contributed by atoms with Crippen LogP contribution in [0.5, 0.6) is 0 Å². The number of halogens is 3. The second-order valence-electron chi connectivity index (χ2n) is 5.16. The van der Waals surface area contributed by atoms with Gasteiger partial charge in [0.25, 0.3) is 0 Å². The SMILES string of the molecule is Cc1cc(-c2cc(C(F)(F)F)ccn2)cc(-c2nn[nH]c2C#N)c1. The molecule has 1 N–H and O–H groups in total. The summed E-state index contributed by atoms with van der Waals surface area (Å²) < 4.78 is 38.6. The minimum absolute atomic E-state index is 0.184. The average molecular weight is 329 g/mol. The van der Waals surface area contributed by atoms with Crippen LogP contribution in [0.3, 0.4) is 0 Å². The smallest absolute Gasteiger partial charge is 0.256 e. The molecule has 0 atom stereocenters. The molecular formula is C16H10F3N5. The van der Waals surface area contributed by atoms with Gasteiger partial charge in [-0.3, -0.25) is 4.98 Å². The maximum absolute atomic E-state index is 12.9. The first-order chi connectivity index (χ1) is 11.4. The van der Waals surface area contributed by atoms with Crippen molar-refractivity contribution in [1.82, 2.24) is 20.4 Å². The van der Waals surface area contributed by atoms with E-state index in [1.165, 1.54) is 0 Å². The normalized spacial score (nSPS) is 11.3. The van der Waals surface area contributed by atoms with Gasteiger partial charge in [-0.05, 0) is 42.8 Å². The Balaban J connectivity index is 2.12. The van der Waals surface area contributed by atoms with Crippen LogP contribution in [-0.4, -0.2) is 20.4 Å². The highest BCUT2D eigenvalue weighted by Gasteiger charge is 2.30. The predicted molar refractivity (Wildman–Crippen MR) is 79.5 cm³/mol. The highest BCUT2D eigenvalue weighted by molar-refractivity contribution is 5.73. The third kappa shape index (κ3) is 2.96. The molecule has 0 aliphatic rings. The van der Waals surface area contributed by atoms with Crippen LogP contribution < -0.4 is 0 Å². The fourth-order valence-corrected chi connectivity index (χ4v) is 2.34. The predicted octanol–water partition coefficient (Wildman–Crippen LogP) is 3.73. The lowest BCUT2D eigenvalue weighted by molar-refractivity contribution is -0.137. The maximum atomic E-state index is 12.9. The second-order valence-corrected chi connectivity index (χ2v) is 5.16. The minimum atomic E-state index is -4.44. The third-order valence-corrected chi connectivity index (χ3v) is 3.39. The molecule has 0 bridgehead atoms. The van der Waals surface area contributed by atoms with Gasteiger partial charge in [0.15, 0.2) is 5.69 Å². The van der Waals surface area contributed by atoms with Gasteiger partial charge >= 0.3 is 6.18 Å². The van der Waals surface area contributed by atoms with Crippen LogP contribution in [0, 0.1) is 18.3 Å². The lowest BCUT2D eigenvalue weighted by Gasteiger charge is -2.10. The largest absolute Gasteiger partial charge is 0.416 e. The van der Waals surface area contributed by atoms with Gasteiger partial charge in [-0.1, -0.05) is 5.21 Å². The molecule has 8 heteroatoms. The van der Waals surface area contributed by atoms with Gasteiger partial charge in [0, 0.05) is 17.3 Å². The van der Waals surface area contributed by atoms with Crippen molar-refractivity contribution in [3.8, 4) is 28.6 Å². The molecular weight excluding hydrogens is 319 g/mol. The van der Waals surface area contributed by atoms with E-state index in [1.54, 1.807) is 25.1 Å². The molecule has 24 heavy (non-hydrogen) atoms. The van der Waals surface area contributed by atoms with Crippen LogP contribution in [0.4, 0.5) is 13.2 Å². The molecule has 0 spiro atoms. The zero-order valence-corrected chi connectivity index (χ0v) is 12.4. The Labute approximate surface area is 134 Å². The summed E-state index contributed by atoms with van der Waals surface area (Å²) in [5, 5.41) is 19.0. The van der Waals surface area contributed by atoms with Gasteiger partial charge in [0.1, 0.15) is 11.8 Å². The lowest BCUT2D eigenvalue weighted by Crippen LogP contribution is -2.05. The molecule has 2 aromatic heterocycles. The molecule has 0 unspecified atom stereocenters. The zero-order valence-electron chi connectivity index (χ0n) is 12.4. The fraction of sp³-hybridized carbons (Fsp3) is 0.125. The number of alkyl halides is 3. The monoisotopic (exact) mass is 329 g/mol. The zero-order chi connectivity index (χ0) is 17.3. The highest BCUT2D eigenvalue weighted by atomic mass is 19.4. The first kappa shape index (κ1) is 15.7. The number of aromatic amines is 1.